The number of amides is 1. The number of carbonyl (C=O) groups excluding carboxylic acids is 2. The topological polar surface area (TPSA) is 59.8 Å². The number of ether oxygens (including phenoxy) is 1. The highest BCUT2D eigenvalue weighted by Gasteiger charge is 2.28. The summed E-state index contributed by atoms with van der Waals surface area (Å²) < 4.78 is 9.93. The van der Waals surface area contributed by atoms with Crippen LogP contribution in [0.2, 0.25) is 0 Å². The van der Waals surface area contributed by atoms with Crippen molar-refractivity contribution in [2.75, 3.05) is 25.2 Å². The van der Waals surface area contributed by atoms with Gasteiger partial charge in [0.25, 0.3) is 0 Å². The van der Waals surface area contributed by atoms with Crippen LogP contribution in [0, 0.1) is 0 Å². The van der Waals surface area contributed by atoms with Crippen molar-refractivity contribution >= 4 is 23.6 Å². The van der Waals surface area contributed by atoms with E-state index in [1.165, 1.54) is 7.11 Å². The van der Waals surface area contributed by atoms with Gasteiger partial charge in [0.1, 0.15) is 5.76 Å². The Morgan fingerprint density at radius 1 is 1.55 bits per heavy atom. The number of rotatable bonds is 5. The lowest BCUT2D eigenvalue weighted by atomic mass is 10.1. The minimum absolute atomic E-state index is 0.0506. The summed E-state index contributed by atoms with van der Waals surface area (Å²) in [7, 11) is 1.38. The number of esters is 1. The van der Waals surface area contributed by atoms with Gasteiger partial charge < -0.3 is 14.1 Å². The Kier molecular flexibility index (Phi) is 5.52. The van der Waals surface area contributed by atoms with E-state index in [0.717, 1.165) is 17.3 Å². The quantitative estimate of drug-likeness (QED) is 0.775. The maximum absolute atomic E-state index is 12.3. The Morgan fingerprint density at radius 3 is 3.10 bits per heavy atom. The minimum atomic E-state index is -0.263. The van der Waals surface area contributed by atoms with Crippen molar-refractivity contribution in [2.45, 2.75) is 25.3 Å². The average molecular weight is 297 g/mol. The molecule has 0 aromatic carbocycles. The van der Waals surface area contributed by atoms with Crippen LogP contribution in [-0.4, -0.2) is 48.0 Å². The van der Waals surface area contributed by atoms with Crippen LogP contribution in [0.3, 0.4) is 0 Å². The zero-order chi connectivity index (χ0) is 14.4. The predicted octanol–water partition coefficient (Wildman–Crippen LogP) is 1.72. The van der Waals surface area contributed by atoms with Crippen LogP contribution in [0.1, 0.15) is 18.6 Å². The molecular weight excluding hydrogens is 278 g/mol. The molecule has 1 saturated heterocycles. The molecule has 5 nitrogen and oxygen atoms in total. The summed E-state index contributed by atoms with van der Waals surface area (Å²) in [6.45, 7) is 0.698. The second-order valence-electron chi connectivity index (χ2n) is 4.68. The van der Waals surface area contributed by atoms with Crippen LogP contribution in [-0.2, 0) is 20.7 Å². The van der Waals surface area contributed by atoms with E-state index < -0.39 is 0 Å². The molecule has 110 valence electrons. The van der Waals surface area contributed by atoms with Gasteiger partial charge in [-0.1, -0.05) is 0 Å². The van der Waals surface area contributed by atoms with E-state index in [2.05, 4.69) is 0 Å². The number of methoxy groups -OCH3 is 1. The zero-order valence-corrected chi connectivity index (χ0v) is 12.4. The third-order valence-corrected chi connectivity index (χ3v) is 4.43. The van der Waals surface area contributed by atoms with E-state index in [0.29, 0.717) is 19.4 Å². The van der Waals surface area contributed by atoms with Gasteiger partial charge >= 0.3 is 5.97 Å². The van der Waals surface area contributed by atoms with Crippen LogP contribution in [0.4, 0.5) is 0 Å². The van der Waals surface area contributed by atoms with Crippen molar-refractivity contribution < 1.29 is 18.7 Å². The Hall–Kier alpha value is -1.43. The van der Waals surface area contributed by atoms with Crippen molar-refractivity contribution in [3.8, 4) is 0 Å². The van der Waals surface area contributed by atoms with Gasteiger partial charge in [-0.15, -0.1) is 0 Å². The second kappa shape index (κ2) is 7.38. The van der Waals surface area contributed by atoms with E-state index in [1.54, 1.807) is 18.0 Å². The van der Waals surface area contributed by atoms with Crippen LogP contribution >= 0.6 is 11.8 Å². The average Bonchev–Trinajstić information content (AvgIpc) is 2.98. The largest absolute Gasteiger partial charge is 0.469 e. The summed E-state index contributed by atoms with van der Waals surface area (Å²) in [6.07, 6.45) is 2.89. The third kappa shape index (κ3) is 4.03. The van der Waals surface area contributed by atoms with Gasteiger partial charge in [-0.2, -0.15) is 11.8 Å². The van der Waals surface area contributed by atoms with Crippen LogP contribution in [0.5, 0.6) is 0 Å². The van der Waals surface area contributed by atoms with Crippen LogP contribution < -0.4 is 0 Å². The highest BCUT2D eigenvalue weighted by molar-refractivity contribution is 7.99. The Balaban J connectivity index is 1.89. The molecule has 20 heavy (non-hydrogen) atoms. The van der Waals surface area contributed by atoms with Crippen molar-refractivity contribution in [3.05, 3.63) is 24.2 Å². The first-order chi connectivity index (χ1) is 9.70. The molecule has 1 aliphatic rings. The van der Waals surface area contributed by atoms with Gasteiger partial charge in [-0.3, -0.25) is 9.59 Å². The lowest BCUT2D eigenvalue weighted by Crippen LogP contribution is -2.47. The fourth-order valence-corrected chi connectivity index (χ4v) is 3.32. The number of thioether (sulfide) groups is 1. The summed E-state index contributed by atoms with van der Waals surface area (Å²) in [4.78, 5) is 25.5. The molecule has 1 aliphatic heterocycles. The van der Waals surface area contributed by atoms with Gasteiger partial charge in [0.2, 0.25) is 5.91 Å². The van der Waals surface area contributed by atoms with E-state index in [1.807, 2.05) is 17.0 Å². The zero-order valence-electron chi connectivity index (χ0n) is 11.5. The minimum Gasteiger partial charge on any atom is -0.469 e. The first kappa shape index (κ1) is 15.0. The molecule has 0 bridgehead atoms. The van der Waals surface area contributed by atoms with E-state index in [9.17, 15) is 9.59 Å². The fourth-order valence-electron chi connectivity index (χ4n) is 2.26. The molecule has 0 aliphatic carbocycles. The third-order valence-electron chi connectivity index (χ3n) is 3.34. The SMILES string of the molecule is COC(=O)C[C@H]1CSCCN1C(=O)CCc1ccco1. The molecule has 0 radical (unpaired) electrons. The number of hydrogen-bond acceptors (Lipinski definition) is 5. The van der Waals surface area contributed by atoms with Crippen molar-refractivity contribution in [3.63, 3.8) is 0 Å². The number of aryl methyl sites for hydroxylation is 1. The molecule has 2 rings (SSSR count). The lowest BCUT2D eigenvalue weighted by molar-refractivity contribution is -0.143. The Labute approximate surface area is 122 Å². The molecular formula is C14H19NO4S. The Bertz CT molecular complexity index is 446. The normalized spacial score (nSPS) is 18.9. The summed E-state index contributed by atoms with van der Waals surface area (Å²) >= 11 is 1.77. The standard InChI is InChI=1S/C14H19NO4S/c1-18-14(17)9-11-10-20-8-6-15(11)13(16)5-4-12-3-2-7-19-12/h2-3,7,11H,4-6,8-10H2,1H3/t11-/m0/s1. The molecule has 1 aromatic rings. The molecule has 0 unspecified atom stereocenters. The molecule has 0 spiro atoms. The van der Waals surface area contributed by atoms with Crippen molar-refractivity contribution in [1.82, 2.24) is 4.90 Å². The van der Waals surface area contributed by atoms with Gasteiger partial charge in [0, 0.05) is 30.9 Å². The van der Waals surface area contributed by atoms with Crippen LogP contribution in [0.25, 0.3) is 0 Å². The number of furan rings is 1. The highest BCUT2D eigenvalue weighted by atomic mass is 32.2. The van der Waals surface area contributed by atoms with Crippen molar-refractivity contribution in [2.24, 2.45) is 0 Å². The molecule has 0 N–H and O–H groups in total. The highest BCUT2D eigenvalue weighted by Crippen LogP contribution is 2.20. The first-order valence-corrected chi connectivity index (χ1v) is 7.82. The number of hydrogen-bond donors (Lipinski definition) is 0. The maximum atomic E-state index is 12.3. The summed E-state index contributed by atoms with van der Waals surface area (Å²) in [5.74, 6) is 2.34. The Morgan fingerprint density at radius 2 is 2.40 bits per heavy atom. The van der Waals surface area contributed by atoms with E-state index in [4.69, 9.17) is 9.15 Å². The number of nitrogens with zero attached hydrogens (tertiary/aromatic N) is 1. The molecule has 1 fully saturated rings. The van der Waals surface area contributed by atoms with Gasteiger partial charge in [-0.25, -0.2) is 0 Å². The summed E-state index contributed by atoms with van der Waals surface area (Å²) in [6, 6.07) is 3.63. The predicted molar refractivity (Wildman–Crippen MR) is 76.5 cm³/mol. The van der Waals surface area contributed by atoms with E-state index in [-0.39, 0.29) is 24.3 Å². The fraction of sp³-hybridized carbons (Fsp3) is 0.571. The van der Waals surface area contributed by atoms with Crippen LogP contribution in [0.15, 0.2) is 22.8 Å². The maximum Gasteiger partial charge on any atom is 0.307 e. The molecule has 0 saturated carbocycles. The molecule has 1 aromatic heterocycles. The van der Waals surface area contributed by atoms with Gasteiger partial charge in [-0.05, 0) is 12.1 Å². The van der Waals surface area contributed by atoms with Gasteiger partial charge in [0.05, 0.1) is 25.8 Å². The van der Waals surface area contributed by atoms with Gasteiger partial charge in [0.15, 0.2) is 0 Å². The van der Waals surface area contributed by atoms with E-state index >= 15 is 0 Å². The molecule has 1 atom stereocenters. The number of carbonyl (C=O) groups is 2. The lowest BCUT2D eigenvalue weighted by Gasteiger charge is -2.35. The molecule has 6 heteroatoms. The summed E-state index contributed by atoms with van der Waals surface area (Å²) in [5.41, 5.74) is 0. The second-order valence-corrected chi connectivity index (χ2v) is 5.83. The molecule has 1 amide bonds. The molecule has 2 heterocycles. The van der Waals surface area contributed by atoms with Crippen molar-refractivity contribution in [1.29, 1.82) is 0 Å². The monoisotopic (exact) mass is 297 g/mol. The smallest absolute Gasteiger partial charge is 0.307 e. The summed E-state index contributed by atoms with van der Waals surface area (Å²) in [5, 5.41) is 0. The first-order valence-electron chi connectivity index (χ1n) is 6.67.